The molecule has 0 aromatic heterocycles. The Labute approximate surface area is 247 Å². The number of halogens is 1. The molecule has 0 heterocycles. The largest absolute Gasteiger partial charge is 0.0561 e. The second kappa shape index (κ2) is 11.2. The van der Waals surface area contributed by atoms with Crippen molar-refractivity contribution in [3.05, 3.63) is 104 Å². The zero-order chi connectivity index (χ0) is 29.4. The molecule has 3 rings (SSSR count). The third kappa shape index (κ3) is 8.81. The van der Waals surface area contributed by atoms with Crippen LogP contribution in [0.5, 0.6) is 0 Å². The average Bonchev–Trinajstić information content (AvgIpc) is 2.78. The van der Waals surface area contributed by atoms with E-state index in [0.717, 1.165) is 4.47 Å². The molecule has 0 unspecified atom stereocenters. The van der Waals surface area contributed by atoms with E-state index in [0.29, 0.717) is 0 Å². The Morgan fingerprint density at radius 1 is 0.359 bits per heavy atom. The molecule has 0 amide bonds. The van der Waals surface area contributed by atoms with Gasteiger partial charge >= 0.3 is 0 Å². The summed E-state index contributed by atoms with van der Waals surface area (Å²) >= 11 is 3.75. The molecule has 1 heteroatoms. The lowest BCUT2D eigenvalue weighted by Crippen LogP contribution is -2.16. The molecule has 0 spiro atoms. The average molecular weight is 586 g/mol. The van der Waals surface area contributed by atoms with Crippen molar-refractivity contribution < 1.29 is 0 Å². The van der Waals surface area contributed by atoms with Crippen molar-refractivity contribution in [2.45, 2.75) is 105 Å². The fourth-order valence-electron chi connectivity index (χ4n) is 4.44. The van der Waals surface area contributed by atoms with Crippen LogP contribution in [0, 0.1) is 0 Å². The van der Waals surface area contributed by atoms with Crippen LogP contribution in [0.4, 0.5) is 0 Å². The molecule has 0 radical (unpaired) electrons. The van der Waals surface area contributed by atoms with E-state index in [1.807, 2.05) is 0 Å². The highest BCUT2D eigenvalue weighted by molar-refractivity contribution is 9.10. The van der Waals surface area contributed by atoms with Crippen molar-refractivity contribution in [3.63, 3.8) is 0 Å². The van der Waals surface area contributed by atoms with Crippen molar-refractivity contribution in [1.82, 2.24) is 0 Å². The molecule has 0 aliphatic carbocycles. The molecular formula is C38H49Br. The van der Waals surface area contributed by atoms with E-state index in [4.69, 9.17) is 0 Å². The van der Waals surface area contributed by atoms with Crippen LogP contribution in [0.3, 0.4) is 0 Å². The molecule has 0 saturated heterocycles. The summed E-state index contributed by atoms with van der Waals surface area (Å²) in [5.74, 6) is 0. The summed E-state index contributed by atoms with van der Waals surface area (Å²) in [4.78, 5) is 0. The quantitative estimate of drug-likeness (QED) is 0.267. The van der Waals surface area contributed by atoms with Gasteiger partial charge < -0.3 is 0 Å². The molecule has 0 bridgehead atoms. The zero-order valence-corrected chi connectivity index (χ0v) is 28.0. The van der Waals surface area contributed by atoms with Crippen molar-refractivity contribution in [1.29, 1.82) is 0 Å². The lowest BCUT2D eigenvalue weighted by atomic mass is 9.79. The van der Waals surface area contributed by atoms with Crippen LogP contribution in [0.15, 0.2) is 59.1 Å². The first-order valence-electron chi connectivity index (χ1n) is 14.2. The molecule has 3 aromatic carbocycles. The van der Waals surface area contributed by atoms with Gasteiger partial charge in [-0.15, -0.1) is 0 Å². The number of hydrogen-bond donors (Lipinski definition) is 0. The first-order chi connectivity index (χ1) is 17.7. The van der Waals surface area contributed by atoms with E-state index in [-0.39, 0.29) is 21.7 Å². The third-order valence-corrected chi connectivity index (χ3v) is 7.71. The maximum absolute atomic E-state index is 3.75. The Morgan fingerprint density at radius 3 is 0.821 bits per heavy atom. The molecule has 0 fully saturated rings. The minimum Gasteiger partial charge on any atom is -0.0561 e. The van der Waals surface area contributed by atoms with Crippen LogP contribution in [-0.4, -0.2) is 0 Å². The fraction of sp³-hybridized carbons (Fsp3) is 0.421. The van der Waals surface area contributed by atoms with Gasteiger partial charge in [0.15, 0.2) is 0 Å². The van der Waals surface area contributed by atoms with Crippen LogP contribution in [0.2, 0.25) is 0 Å². The minimum atomic E-state index is 0.106. The van der Waals surface area contributed by atoms with Crippen LogP contribution in [0.1, 0.15) is 128 Å². The van der Waals surface area contributed by atoms with E-state index < -0.39 is 0 Å². The molecular weight excluding hydrogens is 536 g/mol. The van der Waals surface area contributed by atoms with E-state index in [2.05, 4.69) is 178 Å². The summed E-state index contributed by atoms with van der Waals surface area (Å²) in [6.07, 6.45) is 8.97. The number of hydrogen-bond acceptors (Lipinski definition) is 0. The van der Waals surface area contributed by atoms with E-state index >= 15 is 0 Å². The third-order valence-electron chi connectivity index (χ3n) is 7.25. The fourth-order valence-corrected chi connectivity index (χ4v) is 4.97. The first kappa shape index (κ1) is 31.2. The van der Waals surface area contributed by atoms with Crippen LogP contribution < -0.4 is 0 Å². The normalized spacial score (nSPS) is 13.6. The SMILES string of the molecule is CC(C)(C)c1cc(/C=C/c2cc(Br)cc(/C=C/c3cc(C(C)(C)C)cc(C(C)(C)C)c3)c2)cc(C(C)(C)C)c1. The van der Waals surface area contributed by atoms with Gasteiger partial charge in [-0.05, 0) is 84.4 Å². The summed E-state index contributed by atoms with van der Waals surface area (Å²) < 4.78 is 1.09. The lowest BCUT2D eigenvalue weighted by Gasteiger charge is -2.25. The van der Waals surface area contributed by atoms with Gasteiger partial charge in [-0.25, -0.2) is 0 Å². The molecule has 0 nitrogen and oxygen atoms in total. The van der Waals surface area contributed by atoms with Gasteiger partial charge in [0.2, 0.25) is 0 Å². The standard InChI is InChI=1S/C38H49Br/c1-35(2,3)30-18-28(19-31(24-30)36(4,5)6)15-13-26-17-27(23-34(39)22-26)14-16-29-20-32(37(7,8)9)25-33(21-29)38(10,11)12/h13-25H,1-12H3/b15-13+,16-14+. The summed E-state index contributed by atoms with van der Waals surface area (Å²) in [5.41, 5.74) is 10.8. The summed E-state index contributed by atoms with van der Waals surface area (Å²) in [5, 5.41) is 0. The Kier molecular flexibility index (Phi) is 8.98. The summed E-state index contributed by atoms with van der Waals surface area (Å²) in [6, 6.07) is 20.7. The summed E-state index contributed by atoms with van der Waals surface area (Å²) in [7, 11) is 0. The van der Waals surface area contributed by atoms with Gasteiger partial charge in [-0.2, -0.15) is 0 Å². The molecule has 0 saturated carbocycles. The second-order valence-corrected chi connectivity index (χ2v) is 16.1. The molecule has 39 heavy (non-hydrogen) atoms. The number of rotatable bonds is 4. The van der Waals surface area contributed by atoms with Crippen molar-refractivity contribution in [2.24, 2.45) is 0 Å². The van der Waals surface area contributed by atoms with Crippen molar-refractivity contribution >= 4 is 40.2 Å². The monoisotopic (exact) mass is 584 g/mol. The molecule has 3 aromatic rings. The highest BCUT2D eigenvalue weighted by Gasteiger charge is 2.21. The van der Waals surface area contributed by atoms with Crippen molar-refractivity contribution in [2.75, 3.05) is 0 Å². The number of benzene rings is 3. The van der Waals surface area contributed by atoms with Crippen LogP contribution >= 0.6 is 15.9 Å². The van der Waals surface area contributed by atoms with Gasteiger partial charge in [-0.1, -0.05) is 160 Å². The van der Waals surface area contributed by atoms with E-state index in [9.17, 15) is 0 Å². The first-order valence-corrected chi connectivity index (χ1v) is 15.0. The molecule has 0 aliphatic heterocycles. The Bertz CT molecular complexity index is 1200. The Balaban J connectivity index is 1.98. The van der Waals surface area contributed by atoms with Gasteiger partial charge in [0.25, 0.3) is 0 Å². The minimum absolute atomic E-state index is 0.106. The topological polar surface area (TPSA) is 0 Å². The maximum atomic E-state index is 3.75. The predicted octanol–water partition coefficient (Wildman–Crippen LogP) is 12.0. The molecule has 0 aliphatic rings. The highest BCUT2D eigenvalue weighted by Crippen LogP contribution is 2.33. The van der Waals surface area contributed by atoms with Crippen LogP contribution in [-0.2, 0) is 21.7 Å². The van der Waals surface area contributed by atoms with Gasteiger partial charge in [0.05, 0.1) is 0 Å². The molecule has 0 atom stereocenters. The lowest BCUT2D eigenvalue weighted by molar-refractivity contribution is 0.568. The van der Waals surface area contributed by atoms with Gasteiger partial charge in [-0.3, -0.25) is 0 Å². The van der Waals surface area contributed by atoms with Crippen LogP contribution in [0.25, 0.3) is 24.3 Å². The van der Waals surface area contributed by atoms with Gasteiger partial charge in [0, 0.05) is 4.47 Å². The van der Waals surface area contributed by atoms with Crippen molar-refractivity contribution in [3.8, 4) is 0 Å². The summed E-state index contributed by atoms with van der Waals surface area (Å²) in [6.45, 7) is 27.5. The smallest absolute Gasteiger partial charge is 0.0187 e. The Hall–Kier alpha value is -2.38. The molecule has 0 N–H and O–H groups in total. The predicted molar refractivity (Wildman–Crippen MR) is 180 cm³/mol. The zero-order valence-electron chi connectivity index (χ0n) is 26.4. The highest BCUT2D eigenvalue weighted by atomic mass is 79.9. The van der Waals surface area contributed by atoms with E-state index in [1.165, 1.54) is 44.5 Å². The van der Waals surface area contributed by atoms with E-state index in [1.54, 1.807) is 0 Å². The Morgan fingerprint density at radius 2 is 0.590 bits per heavy atom. The van der Waals surface area contributed by atoms with Gasteiger partial charge in [0.1, 0.15) is 0 Å². The molecule has 208 valence electrons. The maximum Gasteiger partial charge on any atom is 0.0187 e. The second-order valence-electron chi connectivity index (χ2n) is 15.2.